The zero-order valence-corrected chi connectivity index (χ0v) is 18.3. The Morgan fingerprint density at radius 2 is 1.61 bits per heavy atom. The Hall–Kier alpha value is -1.38. The fraction of sp³-hybridized carbons (Fsp3) is 0.760. The van der Waals surface area contributed by atoms with Gasteiger partial charge in [0, 0.05) is 5.69 Å². The third-order valence-electron chi connectivity index (χ3n) is 6.20. The van der Waals surface area contributed by atoms with E-state index in [2.05, 4.69) is 18.8 Å². The molecule has 1 heterocycles. The van der Waals surface area contributed by atoms with Crippen LogP contribution >= 0.6 is 0 Å². The Bertz CT molecular complexity index is 532. The topological polar surface area (TPSA) is 39.2 Å². The van der Waals surface area contributed by atoms with E-state index in [4.69, 9.17) is 4.74 Å². The lowest BCUT2D eigenvalue weighted by Crippen LogP contribution is -2.25. The van der Waals surface area contributed by atoms with Gasteiger partial charge >= 0.3 is 5.97 Å². The summed E-state index contributed by atoms with van der Waals surface area (Å²) in [6.07, 6.45) is 20.2. The number of hydrogen-bond donors (Lipinski definition) is 0. The molecule has 0 N–H and O–H groups in total. The molecule has 0 spiro atoms. The van der Waals surface area contributed by atoms with Gasteiger partial charge in [-0.25, -0.2) is 0 Å². The molecule has 1 saturated carbocycles. The maximum absolute atomic E-state index is 12.5. The minimum atomic E-state index is -0.0566. The minimum absolute atomic E-state index is 0.0566. The van der Waals surface area contributed by atoms with Crippen LogP contribution in [0.4, 0.5) is 0 Å². The highest BCUT2D eigenvalue weighted by atomic mass is 16.5. The van der Waals surface area contributed by atoms with Crippen LogP contribution in [0.25, 0.3) is 0 Å². The molecule has 0 aromatic carbocycles. The Morgan fingerprint density at radius 1 is 0.929 bits per heavy atom. The van der Waals surface area contributed by atoms with E-state index in [0.717, 1.165) is 30.9 Å². The number of aromatic nitrogens is 1. The van der Waals surface area contributed by atoms with Gasteiger partial charge in [0.1, 0.15) is 5.75 Å². The summed E-state index contributed by atoms with van der Waals surface area (Å²) in [6, 6.07) is 3.91. The molecule has 2 rings (SSSR count). The van der Waals surface area contributed by atoms with Crippen molar-refractivity contribution < 1.29 is 9.53 Å². The Kier molecular flexibility index (Phi) is 11.2. The molecule has 0 saturated heterocycles. The van der Waals surface area contributed by atoms with Crippen LogP contribution in [0.1, 0.15) is 109 Å². The molecule has 1 aromatic heterocycles. The fourth-order valence-electron chi connectivity index (χ4n) is 4.27. The number of hydrogen-bond acceptors (Lipinski definition) is 3. The molecule has 0 bridgehead atoms. The smallest absolute Gasteiger partial charge is 0.314 e. The Morgan fingerprint density at radius 3 is 2.25 bits per heavy atom. The van der Waals surface area contributed by atoms with Crippen molar-refractivity contribution in [2.24, 2.45) is 11.8 Å². The van der Waals surface area contributed by atoms with Crippen LogP contribution in [0.2, 0.25) is 0 Å². The Balaban J connectivity index is 1.64. The number of aryl methyl sites for hydroxylation is 1. The first-order valence-corrected chi connectivity index (χ1v) is 11.9. The molecule has 1 aliphatic rings. The van der Waals surface area contributed by atoms with Gasteiger partial charge in [0.2, 0.25) is 0 Å². The highest BCUT2D eigenvalue weighted by Gasteiger charge is 2.27. The Labute approximate surface area is 172 Å². The second kappa shape index (κ2) is 13.7. The van der Waals surface area contributed by atoms with Crippen LogP contribution in [-0.4, -0.2) is 11.0 Å². The molecule has 3 nitrogen and oxygen atoms in total. The van der Waals surface area contributed by atoms with E-state index in [0.29, 0.717) is 5.75 Å². The van der Waals surface area contributed by atoms with E-state index in [-0.39, 0.29) is 11.9 Å². The monoisotopic (exact) mass is 387 g/mol. The summed E-state index contributed by atoms with van der Waals surface area (Å²) in [5.41, 5.74) is 1.09. The van der Waals surface area contributed by atoms with Crippen molar-refractivity contribution in [1.82, 2.24) is 4.98 Å². The van der Waals surface area contributed by atoms with E-state index in [1.807, 2.05) is 12.1 Å². The number of pyridine rings is 1. The standard InChI is InChI=1S/C25H41NO2/c1-3-5-7-9-10-12-21-14-16-22(17-15-21)25(27)28-24-19-18-23(26-20-24)13-11-8-6-4-2/h18-22H,3-17H2,1-2H3/t21-,22-. The van der Waals surface area contributed by atoms with E-state index in [1.165, 1.54) is 77.0 Å². The van der Waals surface area contributed by atoms with Crippen molar-refractivity contribution >= 4 is 5.97 Å². The number of nitrogens with zero attached hydrogens (tertiary/aromatic N) is 1. The number of rotatable bonds is 13. The summed E-state index contributed by atoms with van der Waals surface area (Å²) in [7, 11) is 0. The fourth-order valence-corrected chi connectivity index (χ4v) is 4.27. The highest BCUT2D eigenvalue weighted by molar-refractivity contribution is 5.75. The average Bonchev–Trinajstić information content (AvgIpc) is 2.72. The summed E-state index contributed by atoms with van der Waals surface area (Å²) in [5.74, 6) is 1.43. The molecule has 1 aliphatic carbocycles. The van der Waals surface area contributed by atoms with Gasteiger partial charge in [-0.2, -0.15) is 0 Å². The zero-order valence-electron chi connectivity index (χ0n) is 18.3. The lowest BCUT2D eigenvalue weighted by molar-refractivity contribution is -0.140. The molecule has 0 aliphatic heterocycles. The molecule has 0 unspecified atom stereocenters. The lowest BCUT2D eigenvalue weighted by atomic mass is 9.80. The molecule has 0 atom stereocenters. The maximum atomic E-state index is 12.5. The van der Waals surface area contributed by atoms with Crippen LogP contribution in [0.15, 0.2) is 18.3 Å². The second-order valence-corrected chi connectivity index (χ2v) is 8.64. The van der Waals surface area contributed by atoms with Gasteiger partial charge in [-0.1, -0.05) is 71.6 Å². The summed E-state index contributed by atoms with van der Waals surface area (Å²) in [6.45, 7) is 4.49. The predicted octanol–water partition coefficient (Wildman–Crippen LogP) is 7.28. The van der Waals surface area contributed by atoms with Crippen molar-refractivity contribution in [1.29, 1.82) is 0 Å². The molecule has 158 valence electrons. The first-order chi connectivity index (χ1) is 13.7. The van der Waals surface area contributed by atoms with Crippen LogP contribution in [0.5, 0.6) is 5.75 Å². The van der Waals surface area contributed by atoms with Crippen molar-refractivity contribution in [3.63, 3.8) is 0 Å². The SMILES string of the molecule is CCCCCCC[C@H]1CC[C@H](C(=O)Oc2ccc(CCCCCC)nc2)CC1. The molecule has 3 heteroatoms. The number of carbonyl (C=O) groups is 1. The van der Waals surface area contributed by atoms with Crippen LogP contribution < -0.4 is 4.74 Å². The number of unbranched alkanes of at least 4 members (excludes halogenated alkanes) is 7. The van der Waals surface area contributed by atoms with E-state index < -0.39 is 0 Å². The van der Waals surface area contributed by atoms with Crippen molar-refractivity contribution in [2.75, 3.05) is 0 Å². The summed E-state index contributed by atoms with van der Waals surface area (Å²) in [4.78, 5) is 16.9. The van der Waals surface area contributed by atoms with Crippen molar-refractivity contribution in [3.05, 3.63) is 24.0 Å². The summed E-state index contributed by atoms with van der Waals surface area (Å²) in [5, 5.41) is 0. The molecule has 0 amide bonds. The molecule has 1 aromatic rings. The first kappa shape index (κ1) is 22.9. The third kappa shape index (κ3) is 8.75. The number of carbonyl (C=O) groups excluding carboxylic acids is 1. The number of esters is 1. The average molecular weight is 388 g/mol. The normalized spacial score (nSPS) is 19.5. The lowest BCUT2D eigenvalue weighted by Gasteiger charge is -2.27. The van der Waals surface area contributed by atoms with E-state index >= 15 is 0 Å². The van der Waals surface area contributed by atoms with Gasteiger partial charge in [-0.15, -0.1) is 0 Å². The van der Waals surface area contributed by atoms with Crippen molar-refractivity contribution in [3.8, 4) is 5.75 Å². The van der Waals surface area contributed by atoms with Crippen molar-refractivity contribution in [2.45, 2.75) is 110 Å². The molecular weight excluding hydrogens is 346 g/mol. The molecule has 0 radical (unpaired) electrons. The summed E-state index contributed by atoms with van der Waals surface area (Å²) < 4.78 is 5.61. The zero-order chi connectivity index (χ0) is 20.0. The van der Waals surface area contributed by atoms with Gasteiger partial charge in [-0.05, 0) is 56.6 Å². The van der Waals surface area contributed by atoms with Crippen LogP contribution in [0, 0.1) is 11.8 Å². The third-order valence-corrected chi connectivity index (χ3v) is 6.20. The van der Waals surface area contributed by atoms with Gasteiger partial charge in [-0.3, -0.25) is 9.78 Å². The molecular formula is C25H41NO2. The molecule has 28 heavy (non-hydrogen) atoms. The largest absolute Gasteiger partial charge is 0.425 e. The predicted molar refractivity (Wildman–Crippen MR) is 117 cm³/mol. The maximum Gasteiger partial charge on any atom is 0.314 e. The van der Waals surface area contributed by atoms with E-state index in [1.54, 1.807) is 6.20 Å². The van der Waals surface area contributed by atoms with E-state index in [9.17, 15) is 4.79 Å². The highest BCUT2D eigenvalue weighted by Crippen LogP contribution is 2.33. The van der Waals surface area contributed by atoms with Crippen LogP contribution in [-0.2, 0) is 11.2 Å². The van der Waals surface area contributed by atoms with Gasteiger partial charge < -0.3 is 4.74 Å². The first-order valence-electron chi connectivity index (χ1n) is 11.9. The second-order valence-electron chi connectivity index (χ2n) is 8.64. The van der Waals surface area contributed by atoms with Gasteiger partial charge in [0.15, 0.2) is 0 Å². The summed E-state index contributed by atoms with van der Waals surface area (Å²) >= 11 is 0. The number of ether oxygens (including phenoxy) is 1. The quantitative estimate of drug-likeness (QED) is 0.264. The van der Waals surface area contributed by atoms with Crippen LogP contribution in [0.3, 0.4) is 0 Å². The molecule has 1 fully saturated rings. The van der Waals surface area contributed by atoms with Gasteiger partial charge in [0.25, 0.3) is 0 Å². The minimum Gasteiger partial charge on any atom is -0.425 e. The van der Waals surface area contributed by atoms with Gasteiger partial charge in [0.05, 0.1) is 12.1 Å².